The van der Waals surface area contributed by atoms with E-state index >= 15 is 0 Å². The number of hydrogen-bond donors (Lipinski definition) is 1. The number of halogens is 3. The molecule has 0 fully saturated rings. The molecule has 0 spiro atoms. The van der Waals surface area contributed by atoms with Gasteiger partial charge in [0, 0.05) is 19.8 Å². The van der Waals surface area contributed by atoms with E-state index in [1.165, 1.54) is 12.1 Å². The molecule has 3 nitrogen and oxygen atoms in total. The Hall–Kier alpha value is -1.27. The largest absolute Gasteiger partial charge is 0.573 e. The molecule has 120 valence electrons. The van der Waals surface area contributed by atoms with Crippen molar-refractivity contribution in [2.45, 2.75) is 38.6 Å². The van der Waals surface area contributed by atoms with Crippen LogP contribution < -0.4 is 10.1 Å². The Kier molecular flexibility index (Phi) is 7.53. The molecular weight excluding hydrogens is 283 g/mol. The van der Waals surface area contributed by atoms with Crippen molar-refractivity contribution in [2.24, 2.45) is 0 Å². The maximum absolute atomic E-state index is 12.1. The van der Waals surface area contributed by atoms with Crippen molar-refractivity contribution < 1.29 is 22.6 Å². The van der Waals surface area contributed by atoms with Gasteiger partial charge in [0.15, 0.2) is 0 Å². The Labute approximate surface area is 123 Å². The van der Waals surface area contributed by atoms with Crippen molar-refractivity contribution in [3.63, 3.8) is 0 Å². The summed E-state index contributed by atoms with van der Waals surface area (Å²) in [6.45, 7) is 3.64. The Balaban J connectivity index is 2.57. The summed E-state index contributed by atoms with van der Waals surface area (Å²) in [5.41, 5.74) is 0.967. The highest BCUT2D eigenvalue weighted by Gasteiger charge is 2.30. The summed E-state index contributed by atoms with van der Waals surface area (Å²) in [6.07, 6.45) is -2.01. The van der Waals surface area contributed by atoms with Crippen LogP contribution in [0.15, 0.2) is 24.3 Å². The normalized spacial score (nSPS) is 13.2. The summed E-state index contributed by atoms with van der Waals surface area (Å²) >= 11 is 0. The maximum Gasteiger partial charge on any atom is 0.573 e. The van der Waals surface area contributed by atoms with Crippen LogP contribution in [0.4, 0.5) is 13.2 Å². The van der Waals surface area contributed by atoms with Gasteiger partial charge in [0.05, 0.1) is 0 Å². The standard InChI is InChI=1S/C15H22F3NO2/c1-3-9-19-13(8-10-20-2)11-12-4-6-14(7-5-12)21-15(16,17)18/h4-7,13,19H,3,8-11H2,1-2H3. The molecule has 21 heavy (non-hydrogen) atoms. The van der Waals surface area contributed by atoms with E-state index in [4.69, 9.17) is 4.74 Å². The zero-order chi connectivity index (χ0) is 15.7. The second-order valence-electron chi connectivity index (χ2n) is 4.83. The van der Waals surface area contributed by atoms with Gasteiger partial charge in [-0.1, -0.05) is 19.1 Å². The van der Waals surface area contributed by atoms with Crippen molar-refractivity contribution in [2.75, 3.05) is 20.3 Å². The lowest BCUT2D eigenvalue weighted by Gasteiger charge is -2.18. The van der Waals surface area contributed by atoms with E-state index in [2.05, 4.69) is 17.0 Å². The van der Waals surface area contributed by atoms with Crippen LogP contribution in [0, 0.1) is 0 Å². The quantitative estimate of drug-likeness (QED) is 0.757. The predicted molar refractivity (Wildman–Crippen MR) is 75.4 cm³/mol. The Morgan fingerprint density at radius 2 is 1.86 bits per heavy atom. The number of benzene rings is 1. The van der Waals surface area contributed by atoms with Gasteiger partial charge >= 0.3 is 6.36 Å². The number of alkyl halides is 3. The topological polar surface area (TPSA) is 30.5 Å². The summed E-state index contributed by atoms with van der Waals surface area (Å²) in [6, 6.07) is 6.26. The van der Waals surface area contributed by atoms with Crippen LogP contribution in [-0.4, -0.2) is 32.7 Å². The monoisotopic (exact) mass is 305 g/mol. The van der Waals surface area contributed by atoms with Gasteiger partial charge in [-0.3, -0.25) is 0 Å². The smallest absolute Gasteiger partial charge is 0.406 e. The highest BCUT2D eigenvalue weighted by atomic mass is 19.4. The molecule has 1 atom stereocenters. The summed E-state index contributed by atoms with van der Waals surface area (Å²) < 4.78 is 45.2. The van der Waals surface area contributed by atoms with Crippen LogP contribution in [-0.2, 0) is 11.2 Å². The first-order chi connectivity index (χ1) is 9.94. The maximum atomic E-state index is 12.1. The summed E-state index contributed by atoms with van der Waals surface area (Å²) in [7, 11) is 1.65. The van der Waals surface area contributed by atoms with Gasteiger partial charge in [0.1, 0.15) is 5.75 Å². The average Bonchev–Trinajstić information content (AvgIpc) is 2.42. The number of nitrogens with one attached hydrogen (secondary N) is 1. The number of methoxy groups -OCH3 is 1. The van der Waals surface area contributed by atoms with Crippen LogP contribution in [0.3, 0.4) is 0 Å². The van der Waals surface area contributed by atoms with Gasteiger partial charge in [-0.25, -0.2) is 0 Å². The Morgan fingerprint density at radius 1 is 1.19 bits per heavy atom. The molecule has 1 rings (SSSR count). The third kappa shape index (κ3) is 7.92. The summed E-state index contributed by atoms with van der Waals surface area (Å²) in [5, 5.41) is 3.41. The molecule has 0 radical (unpaired) electrons. The molecule has 1 unspecified atom stereocenters. The van der Waals surface area contributed by atoms with Crippen molar-refractivity contribution in [1.29, 1.82) is 0 Å². The molecular formula is C15H22F3NO2. The molecule has 1 aromatic rings. The fourth-order valence-corrected chi connectivity index (χ4v) is 2.00. The predicted octanol–water partition coefficient (Wildman–Crippen LogP) is 3.53. The second-order valence-corrected chi connectivity index (χ2v) is 4.83. The Bertz CT molecular complexity index is 385. The van der Waals surface area contributed by atoms with Crippen LogP contribution >= 0.6 is 0 Å². The zero-order valence-corrected chi connectivity index (χ0v) is 12.4. The lowest BCUT2D eigenvalue weighted by Crippen LogP contribution is -2.32. The summed E-state index contributed by atoms with van der Waals surface area (Å²) in [5.74, 6) is -0.193. The number of rotatable bonds is 9. The van der Waals surface area contributed by atoms with Gasteiger partial charge in [0.2, 0.25) is 0 Å². The molecule has 0 aromatic heterocycles. The second kappa shape index (κ2) is 8.89. The van der Waals surface area contributed by atoms with Crippen molar-refractivity contribution >= 4 is 0 Å². The zero-order valence-electron chi connectivity index (χ0n) is 12.4. The van der Waals surface area contributed by atoms with Gasteiger partial charge in [-0.2, -0.15) is 0 Å². The van der Waals surface area contributed by atoms with Crippen LogP contribution in [0.1, 0.15) is 25.3 Å². The van der Waals surface area contributed by atoms with Gasteiger partial charge in [0.25, 0.3) is 0 Å². The minimum Gasteiger partial charge on any atom is -0.406 e. The van der Waals surface area contributed by atoms with Crippen LogP contribution in [0.2, 0.25) is 0 Å². The fourth-order valence-electron chi connectivity index (χ4n) is 2.00. The molecule has 1 aromatic carbocycles. The van der Waals surface area contributed by atoms with E-state index in [1.54, 1.807) is 19.2 Å². The summed E-state index contributed by atoms with van der Waals surface area (Å²) in [4.78, 5) is 0. The first-order valence-corrected chi connectivity index (χ1v) is 7.01. The molecule has 6 heteroatoms. The van der Waals surface area contributed by atoms with Crippen molar-refractivity contribution in [1.82, 2.24) is 5.32 Å². The molecule has 0 aliphatic carbocycles. The fraction of sp³-hybridized carbons (Fsp3) is 0.600. The van der Waals surface area contributed by atoms with E-state index in [9.17, 15) is 13.2 Å². The molecule has 0 aliphatic heterocycles. The van der Waals surface area contributed by atoms with Gasteiger partial charge in [-0.15, -0.1) is 13.2 Å². The molecule has 0 saturated carbocycles. The third-order valence-corrected chi connectivity index (χ3v) is 2.99. The van der Waals surface area contributed by atoms with E-state index in [-0.39, 0.29) is 11.8 Å². The SMILES string of the molecule is CCCNC(CCOC)Cc1ccc(OC(F)(F)F)cc1. The van der Waals surface area contributed by atoms with Crippen LogP contribution in [0.5, 0.6) is 5.75 Å². The highest BCUT2D eigenvalue weighted by Crippen LogP contribution is 2.23. The molecule has 0 bridgehead atoms. The van der Waals surface area contributed by atoms with Crippen molar-refractivity contribution in [3.05, 3.63) is 29.8 Å². The average molecular weight is 305 g/mol. The van der Waals surface area contributed by atoms with E-state index < -0.39 is 6.36 Å². The molecule has 1 N–H and O–H groups in total. The lowest BCUT2D eigenvalue weighted by atomic mass is 10.0. The lowest BCUT2D eigenvalue weighted by molar-refractivity contribution is -0.274. The minimum absolute atomic E-state index is 0.193. The van der Waals surface area contributed by atoms with Crippen molar-refractivity contribution in [3.8, 4) is 5.75 Å². The first-order valence-electron chi connectivity index (χ1n) is 7.01. The molecule has 0 heterocycles. The van der Waals surface area contributed by atoms with Crippen LogP contribution in [0.25, 0.3) is 0 Å². The van der Waals surface area contributed by atoms with E-state index in [0.29, 0.717) is 6.61 Å². The van der Waals surface area contributed by atoms with Gasteiger partial charge < -0.3 is 14.8 Å². The molecule has 0 saturated heterocycles. The number of ether oxygens (including phenoxy) is 2. The minimum atomic E-state index is -4.65. The van der Waals surface area contributed by atoms with E-state index in [1.807, 2.05) is 0 Å². The van der Waals surface area contributed by atoms with E-state index in [0.717, 1.165) is 31.4 Å². The third-order valence-electron chi connectivity index (χ3n) is 2.99. The first kappa shape index (κ1) is 17.8. The molecule has 0 aliphatic rings. The van der Waals surface area contributed by atoms with Gasteiger partial charge in [-0.05, 0) is 43.5 Å². The highest BCUT2D eigenvalue weighted by molar-refractivity contribution is 5.28. The Morgan fingerprint density at radius 3 is 2.38 bits per heavy atom. The number of hydrogen-bond acceptors (Lipinski definition) is 3. The molecule has 0 amide bonds.